The summed E-state index contributed by atoms with van der Waals surface area (Å²) in [6.45, 7) is 5.35. The summed E-state index contributed by atoms with van der Waals surface area (Å²) in [6.07, 6.45) is 1.32. The molecule has 0 saturated carbocycles. The number of nitrogens with zero attached hydrogens (tertiary/aromatic N) is 4. The average molecular weight is 552 g/mol. The van der Waals surface area contributed by atoms with Gasteiger partial charge in [-0.05, 0) is 43.7 Å². The van der Waals surface area contributed by atoms with Gasteiger partial charge < -0.3 is 9.64 Å². The quantitative estimate of drug-likeness (QED) is 0.245. The van der Waals surface area contributed by atoms with Gasteiger partial charge in [0.2, 0.25) is 0 Å². The van der Waals surface area contributed by atoms with Gasteiger partial charge in [-0.1, -0.05) is 35.9 Å². The van der Waals surface area contributed by atoms with Crippen molar-refractivity contribution in [2.75, 3.05) is 42.1 Å². The number of hydrogen-bond acceptors (Lipinski definition) is 8. The van der Waals surface area contributed by atoms with Gasteiger partial charge >= 0.3 is 0 Å². The monoisotopic (exact) mass is 551 g/mol. The first-order chi connectivity index (χ1) is 18.7. The highest BCUT2D eigenvalue weighted by atomic mass is 32.2. The SMILES string of the molecule is Cc1ccc(S(=O)(=O)N(CC(=O)N/N=C\c2cc([N+](=O)[O-])ccc2N2CCOCC2)c2ccccc2C)cc1. The van der Waals surface area contributed by atoms with Crippen LogP contribution < -0.4 is 14.6 Å². The molecule has 3 aromatic carbocycles. The molecule has 1 N–H and O–H groups in total. The molecule has 0 radical (unpaired) electrons. The zero-order chi connectivity index (χ0) is 28.0. The highest BCUT2D eigenvalue weighted by molar-refractivity contribution is 7.92. The van der Waals surface area contributed by atoms with Crippen molar-refractivity contribution < 1.29 is 22.9 Å². The molecule has 3 aromatic rings. The van der Waals surface area contributed by atoms with Gasteiger partial charge in [0, 0.05) is 36.5 Å². The number of benzene rings is 3. The molecule has 11 nitrogen and oxygen atoms in total. The number of ether oxygens (including phenoxy) is 1. The highest BCUT2D eigenvalue weighted by Crippen LogP contribution is 2.27. The van der Waals surface area contributed by atoms with Crippen LogP contribution in [0, 0.1) is 24.0 Å². The van der Waals surface area contributed by atoms with E-state index in [0.717, 1.165) is 9.87 Å². The van der Waals surface area contributed by atoms with E-state index >= 15 is 0 Å². The van der Waals surface area contributed by atoms with Gasteiger partial charge in [-0.15, -0.1) is 0 Å². The van der Waals surface area contributed by atoms with Crippen molar-refractivity contribution in [3.63, 3.8) is 0 Å². The second-order valence-electron chi connectivity index (χ2n) is 9.00. The van der Waals surface area contributed by atoms with Crippen molar-refractivity contribution in [1.82, 2.24) is 5.43 Å². The minimum absolute atomic E-state index is 0.0550. The number of nitro groups is 1. The second kappa shape index (κ2) is 12.0. The number of carbonyl (C=O) groups excluding carboxylic acids is 1. The van der Waals surface area contributed by atoms with Gasteiger partial charge in [-0.25, -0.2) is 13.8 Å². The number of carbonyl (C=O) groups is 1. The molecule has 0 spiro atoms. The number of nitrogens with one attached hydrogen (secondary N) is 1. The molecule has 204 valence electrons. The number of anilines is 2. The molecule has 0 bridgehead atoms. The average Bonchev–Trinajstić information content (AvgIpc) is 2.93. The number of hydrogen-bond donors (Lipinski definition) is 1. The maximum absolute atomic E-state index is 13.6. The van der Waals surface area contributed by atoms with Crippen molar-refractivity contribution in [1.29, 1.82) is 0 Å². The molecule has 1 aliphatic rings. The predicted molar refractivity (Wildman–Crippen MR) is 149 cm³/mol. The van der Waals surface area contributed by atoms with E-state index in [1.807, 2.05) is 11.8 Å². The minimum Gasteiger partial charge on any atom is -0.378 e. The molecule has 4 rings (SSSR count). The molecule has 0 unspecified atom stereocenters. The third-order valence-corrected chi connectivity index (χ3v) is 8.02. The van der Waals surface area contributed by atoms with E-state index in [2.05, 4.69) is 10.5 Å². The van der Waals surface area contributed by atoms with Crippen LogP contribution in [0.25, 0.3) is 0 Å². The number of rotatable bonds is 9. The fourth-order valence-corrected chi connectivity index (χ4v) is 5.66. The molecule has 12 heteroatoms. The number of para-hydroxylation sites is 1. The van der Waals surface area contributed by atoms with Gasteiger partial charge in [0.1, 0.15) is 6.54 Å². The summed E-state index contributed by atoms with van der Waals surface area (Å²) in [4.78, 5) is 25.9. The molecule has 39 heavy (non-hydrogen) atoms. The van der Waals surface area contributed by atoms with Gasteiger partial charge in [-0.3, -0.25) is 19.2 Å². The summed E-state index contributed by atoms with van der Waals surface area (Å²) >= 11 is 0. The topological polar surface area (TPSA) is 134 Å². The van der Waals surface area contributed by atoms with Crippen LogP contribution in [0.4, 0.5) is 17.1 Å². The maximum atomic E-state index is 13.6. The van der Waals surface area contributed by atoms with Crippen LogP contribution >= 0.6 is 0 Å². The molecule has 1 heterocycles. The van der Waals surface area contributed by atoms with Gasteiger partial charge in [0.05, 0.1) is 34.9 Å². The van der Waals surface area contributed by atoms with Crippen molar-refractivity contribution >= 4 is 39.2 Å². The summed E-state index contributed by atoms with van der Waals surface area (Å²) in [6, 6.07) is 17.7. The number of non-ortho nitro benzene ring substituents is 1. The van der Waals surface area contributed by atoms with Crippen LogP contribution in [0.1, 0.15) is 16.7 Å². The van der Waals surface area contributed by atoms with E-state index in [0.29, 0.717) is 48.8 Å². The van der Waals surface area contributed by atoms with E-state index in [4.69, 9.17) is 4.74 Å². The Morgan fingerprint density at radius 1 is 1.10 bits per heavy atom. The lowest BCUT2D eigenvalue weighted by atomic mass is 10.1. The third kappa shape index (κ3) is 6.59. The Morgan fingerprint density at radius 2 is 1.79 bits per heavy atom. The number of amides is 1. The number of aryl methyl sites for hydroxylation is 2. The molecule has 0 atom stereocenters. The van der Waals surface area contributed by atoms with E-state index in [-0.39, 0.29) is 10.6 Å². The Labute approximate surface area is 226 Å². The lowest BCUT2D eigenvalue weighted by Crippen LogP contribution is -2.40. The van der Waals surface area contributed by atoms with E-state index < -0.39 is 27.4 Å². The lowest BCUT2D eigenvalue weighted by Gasteiger charge is -2.29. The van der Waals surface area contributed by atoms with Crippen LogP contribution in [0.3, 0.4) is 0 Å². The Hall–Kier alpha value is -4.29. The van der Waals surface area contributed by atoms with Crippen molar-refractivity contribution in [3.05, 3.63) is 93.5 Å². The molecule has 1 amide bonds. The van der Waals surface area contributed by atoms with Crippen LogP contribution in [0.2, 0.25) is 0 Å². The number of hydrazone groups is 1. The number of sulfonamides is 1. The number of morpholine rings is 1. The largest absolute Gasteiger partial charge is 0.378 e. The van der Waals surface area contributed by atoms with Crippen LogP contribution in [-0.4, -0.2) is 58.3 Å². The summed E-state index contributed by atoms with van der Waals surface area (Å²) in [7, 11) is -4.07. The van der Waals surface area contributed by atoms with Crippen molar-refractivity contribution in [2.45, 2.75) is 18.7 Å². The fourth-order valence-electron chi connectivity index (χ4n) is 4.17. The molecule has 1 saturated heterocycles. The van der Waals surface area contributed by atoms with E-state index in [9.17, 15) is 23.3 Å². The van der Waals surface area contributed by atoms with Crippen LogP contribution in [0.5, 0.6) is 0 Å². The minimum atomic E-state index is -4.07. The first-order valence-corrected chi connectivity index (χ1v) is 13.7. The zero-order valence-electron chi connectivity index (χ0n) is 21.6. The van der Waals surface area contributed by atoms with Crippen molar-refractivity contribution in [3.8, 4) is 0 Å². The Balaban J connectivity index is 1.58. The lowest BCUT2D eigenvalue weighted by molar-refractivity contribution is -0.384. The Morgan fingerprint density at radius 3 is 2.46 bits per heavy atom. The standard InChI is InChI=1S/C27H29N5O6S/c1-20-7-10-24(11-8-20)39(36,37)31(25-6-4-3-5-21(25)2)19-27(33)29-28-18-22-17-23(32(34)35)9-12-26(22)30-13-15-38-16-14-30/h3-12,17-18H,13-16,19H2,1-2H3,(H,29,33)/b28-18-. The van der Waals surface area contributed by atoms with Gasteiger partial charge in [-0.2, -0.15) is 5.10 Å². The summed E-state index contributed by atoms with van der Waals surface area (Å²) < 4.78 is 33.6. The maximum Gasteiger partial charge on any atom is 0.270 e. The first-order valence-electron chi connectivity index (χ1n) is 12.2. The van der Waals surface area contributed by atoms with Crippen LogP contribution in [-0.2, 0) is 19.6 Å². The summed E-state index contributed by atoms with van der Waals surface area (Å²) in [5.41, 5.74) is 5.36. The molecule has 1 aliphatic heterocycles. The summed E-state index contributed by atoms with van der Waals surface area (Å²) in [5, 5.41) is 15.3. The highest BCUT2D eigenvalue weighted by Gasteiger charge is 2.28. The fraction of sp³-hybridized carbons (Fsp3) is 0.259. The van der Waals surface area contributed by atoms with Gasteiger partial charge in [0.25, 0.3) is 21.6 Å². The second-order valence-corrected chi connectivity index (χ2v) is 10.9. The normalized spacial score (nSPS) is 13.8. The third-order valence-electron chi connectivity index (χ3n) is 6.25. The molecule has 0 aliphatic carbocycles. The van der Waals surface area contributed by atoms with E-state index in [1.165, 1.54) is 30.5 Å². The Kier molecular flexibility index (Phi) is 8.57. The first kappa shape index (κ1) is 27.7. The summed E-state index contributed by atoms with van der Waals surface area (Å²) in [5.74, 6) is -0.677. The smallest absolute Gasteiger partial charge is 0.270 e. The van der Waals surface area contributed by atoms with Crippen molar-refractivity contribution in [2.24, 2.45) is 5.10 Å². The predicted octanol–water partition coefficient (Wildman–Crippen LogP) is 3.39. The zero-order valence-corrected chi connectivity index (χ0v) is 22.4. The van der Waals surface area contributed by atoms with Crippen LogP contribution in [0.15, 0.2) is 76.7 Å². The molecular weight excluding hydrogens is 522 g/mol. The molecule has 1 fully saturated rings. The van der Waals surface area contributed by atoms with Gasteiger partial charge in [0.15, 0.2) is 0 Å². The number of nitro benzene ring substituents is 1. The Bertz CT molecular complexity index is 1480. The molecule has 0 aromatic heterocycles. The molecular formula is C27H29N5O6S. The van der Waals surface area contributed by atoms with E-state index in [1.54, 1.807) is 49.4 Å².